The smallest absolute Gasteiger partial charge is 0.205 e. The van der Waals surface area contributed by atoms with Crippen LogP contribution in [0.2, 0.25) is 0 Å². The van der Waals surface area contributed by atoms with Crippen LogP contribution in [0.5, 0.6) is 17.2 Å². The number of benzene rings is 1. The third kappa shape index (κ3) is 1.69. The normalized spacial score (nSPS) is 9.43. The van der Waals surface area contributed by atoms with Gasteiger partial charge in [-0.1, -0.05) is 0 Å². The van der Waals surface area contributed by atoms with E-state index < -0.39 is 0 Å². The molecule has 0 saturated heterocycles. The first-order valence-corrected chi connectivity index (χ1v) is 4.25. The zero-order valence-electron chi connectivity index (χ0n) is 8.88. The molecule has 0 aliphatic heterocycles. The van der Waals surface area contributed by atoms with E-state index in [1.807, 2.05) is 19.2 Å². The van der Waals surface area contributed by atoms with E-state index in [-0.39, 0.29) is 0 Å². The van der Waals surface area contributed by atoms with E-state index in [0.717, 1.165) is 5.69 Å². The first-order chi connectivity index (χ1) is 6.78. The topological polar surface area (TPSA) is 39.7 Å². The van der Waals surface area contributed by atoms with Crippen LogP contribution in [0.15, 0.2) is 12.1 Å². The number of methoxy groups -OCH3 is 3. The van der Waals surface area contributed by atoms with Gasteiger partial charge >= 0.3 is 0 Å². The standard InChI is InChI=1S/C10H15NO3/c1-11-7-5-6-8(12-2)10(14-4)9(7)13-3/h5-6,11H,1-4H3. The van der Waals surface area contributed by atoms with E-state index in [1.54, 1.807) is 21.3 Å². The largest absolute Gasteiger partial charge is 0.493 e. The lowest BCUT2D eigenvalue weighted by Crippen LogP contribution is -1.98. The Morgan fingerprint density at radius 3 is 2.00 bits per heavy atom. The Bertz CT molecular complexity index is 281. The number of anilines is 1. The second-order valence-corrected chi connectivity index (χ2v) is 2.63. The number of hydrogen-bond donors (Lipinski definition) is 1. The number of rotatable bonds is 4. The molecule has 78 valence electrons. The van der Waals surface area contributed by atoms with Crippen LogP contribution < -0.4 is 19.5 Å². The molecule has 4 heteroatoms. The van der Waals surface area contributed by atoms with Crippen molar-refractivity contribution >= 4 is 5.69 Å². The van der Waals surface area contributed by atoms with Gasteiger partial charge < -0.3 is 19.5 Å². The highest BCUT2D eigenvalue weighted by Crippen LogP contribution is 2.42. The highest BCUT2D eigenvalue weighted by atomic mass is 16.5. The molecule has 14 heavy (non-hydrogen) atoms. The SMILES string of the molecule is CNc1ccc(OC)c(OC)c1OC. The fourth-order valence-electron chi connectivity index (χ4n) is 1.30. The van der Waals surface area contributed by atoms with E-state index in [1.165, 1.54) is 0 Å². The van der Waals surface area contributed by atoms with Gasteiger partial charge in [0, 0.05) is 7.05 Å². The van der Waals surface area contributed by atoms with Crippen molar-refractivity contribution in [3.8, 4) is 17.2 Å². The molecule has 0 spiro atoms. The summed E-state index contributed by atoms with van der Waals surface area (Å²) in [6.45, 7) is 0. The maximum absolute atomic E-state index is 5.23. The van der Waals surface area contributed by atoms with Crippen LogP contribution in [-0.2, 0) is 0 Å². The van der Waals surface area contributed by atoms with E-state index in [4.69, 9.17) is 14.2 Å². The minimum atomic E-state index is 0.599. The Morgan fingerprint density at radius 2 is 1.57 bits per heavy atom. The van der Waals surface area contributed by atoms with Crippen LogP contribution in [0.1, 0.15) is 0 Å². The molecular weight excluding hydrogens is 182 g/mol. The van der Waals surface area contributed by atoms with Gasteiger partial charge in [-0.2, -0.15) is 0 Å². The van der Waals surface area contributed by atoms with Crippen LogP contribution >= 0.6 is 0 Å². The molecule has 4 nitrogen and oxygen atoms in total. The molecule has 0 amide bonds. The lowest BCUT2D eigenvalue weighted by Gasteiger charge is -2.14. The molecule has 1 aromatic rings. The van der Waals surface area contributed by atoms with E-state index >= 15 is 0 Å². The van der Waals surface area contributed by atoms with Crippen molar-refractivity contribution in [3.05, 3.63) is 12.1 Å². The van der Waals surface area contributed by atoms with E-state index in [2.05, 4.69) is 5.32 Å². The second kappa shape index (κ2) is 4.60. The van der Waals surface area contributed by atoms with Crippen molar-refractivity contribution in [3.63, 3.8) is 0 Å². The van der Waals surface area contributed by atoms with Gasteiger partial charge in [0.2, 0.25) is 5.75 Å². The number of nitrogens with one attached hydrogen (secondary N) is 1. The summed E-state index contributed by atoms with van der Waals surface area (Å²) < 4.78 is 15.6. The Morgan fingerprint density at radius 1 is 0.929 bits per heavy atom. The Balaban J connectivity index is 3.28. The van der Waals surface area contributed by atoms with Gasteiger partial charge in [0.05, 0.1) is 27.0 Å². The van der Waals surface area contributed by atoms with Gasteiger partial charge in [-0.25, -0.2) is 0 Å². The third-order valence-corrected chi connectivity index (χ3v) is 1.97. The zero-order chi connectivity index (χ0) is 10.6. The summed E-state index contributed by atoms with van der Waals surface area (Å²) in [4.78, 5) is 0. The minimum Gasteiger partial charge on any atom is -0.493 e. The van der Waals surface area contributed by atoms with Crippen molar-refractivity contribution in [1.29, 1.82) is 0 Å². The minimum absolute atomic E-state index is 0.599. The van der Waals surface area contributed by atoms with Gasteiger partial charge in [-0.15, -0.1) is 0 Å². The molecule has 0 bridgehead atoms. The Labute approximate surface area is 83.8 Å². The van der Waals surface area contributed by atoms with Crippen LogP contribution in [0.3, 0.4) is 0 Å². The predicted molar refractivity (Wildman–Crippen MR) is 55.6 cm³/mol. The maximum Gasteiger partial charge on any atom is 0.205 e. The average Bonchev–Trinajstić information content (AvgIpc) is 2.26. The molecule has 0 atom stereocenters. The molecule has 1 N–H and O–H groups in total. The summed E-state index contributed by atoms with van der Waals surface area (Å²) in [5.41, 5.74) is 0.866. The zero-order valence-corrected chi connectivity index (χ0v) is 8.88. The van der Waals surface area contributed by atoms with Crippen molar-refractivity contribution in [2.45, 2.75) is 0 Å². The molecule has 0 aromatic heterocycles. The molecule has 1 rings (SSSR count). The lowest BCUT2D eigenvalue weighted by atomic mass is 10.2. The highest BCUT2D eigenvalue weighted by Gasteiger charge is 2.14. The van der Waals surface area contributed by atoms with E-state index in [0.29, 0.717) is 17.2 Å². The van der Waals surface area contributed by atoms with E-state index in [9.17, 15) is 0 Å². The van der Waals surface area contributed by atoms with Gasteiger partial charge in [0.1, 0.15) is 0 Å². The quantitative estimate of drug-likeness (QED) is 0.798. The molecule has 0 aliphatic rings. The van der Waals surface area contributed by atoms with Crippen LogP contribution in [0.25, 0.3) is 0 Å². The van der Waals surface area contributed by atoms with Crippen LogP contribution in [-0.4, -0.2) is 28.4 Å². The van der Waals surface area contributed by atoms with Gasteiger partial charge in [-0.3, -0.25) is 0 Å². The first kappa shape index (κ1) is 10.5. The van der Waals surface area contributed by atoms with Crippen LogP contribution in [0, 0.1) is 0 Å². The predicted octanol–water partition coefficient (Wildman–Crippen LogP) is 1.75. The van der Waals surface area contributed by atoms with Gasteiger partial charge in [0.25, 0.3) is 0 Å². The summed E-state index contributed by atoms with van der Waals surface area (Å²) in [7, 11) is 6.60. The lowest BCUT2D eigenvalue weighted by molar-refractivity contribution is 0.325. The number of hydrogen-bond acceptors (Lipinski definition) is 4. The summed E-state index contributed by atoms with van der Waals surface area (Å²) in [5.74, 6) is 1.90. The van der Waals surface area contributed by atoms with Crippen molar-refractivity contribution < 1.29 is 14.2 Å². The molecule has 1 aromatic carbocycles. The van der Waals surface area contributed by atoms with Crippen molar-refractivity contribution in [1.82, 2.24) is 0 Å². The summed E-state index contributed by atoms with van der Waals surface area (Å²) >= 11 is 0. The fraction of sp³-hybridized carbons (Fsp3) is 0.400. The highest BCUT2D eigenvalue weighted by molar-refractivity contribution is 5.67. The van der Waals surface area contributed by atoms with Gasteiger partial charge in [0.15, 0.2) is 11.5 Å². The fourth-order valence-corrected chi connectivity index (χ4v) is 1.30. The Hall–Kier alpha value is -1.58. The monoisotopic (exact) mass is 197 g/mol. The molecule has 0 aliphatic carbocycles. The summed E-state index contributed by atoms with van der Waals surface area (Å²) in [6.07, 6.45) is 0. The van der Waals surface area contributed by atoms with Crippen molar-refractivity contribution in [2.24, 2.45) is 0 Å². The Kier molecular flexibility index (Phi) is 3.45. The summed E-state index contributed by atoms with van der Waals surface area (Å²) in [6, 6.07) is 3.70. The molecule has 0 fully saturated rings. The molecule has 0 unspecified atom stereocenters. The molecule has 0 radical (unpaired) electrons. The van der Waals surface area contributed by atoms with Crippen molar-refractivity contribution in [2.75, 3.05) is 33.7 Å². The number of ether oxygens (including phenoxy) is 3. The maximum atomic E-state index is 5.23. The molecule has 0 saturated carbocycles. The molecule has 0 heterocycles. The second-order valence-electron chi connectivity index (χ2n) is 2.63. The summed E-state index contributed by atoms with van der Waals surface area (Å²) in [5, 5.41) is 3.01. The van der Waals surface area contributed by atoms with Gasteiger partial charge in [-0.05, 0) is 12.1 Å². The average molecular weight is 197 g/mol. The van der Waals surface area contributed by atoms with Crippen LogP contribution in [0.4, 0.5) is 5.69 Å². The molecular formula is C10H15NO3. The third-order valence-electron chi connectivity index (χ3n) is 1.97. The first-order valence-electron chi connectivity index (χ1n) is 4.25.